The molecular weight excluding hydrogens is 375 g/mol. The van der Waals surface area contributed by atoms with Crippen LogP contribution in [0, 0.1) is 11.7 Å². The molecule has 28 heavy (non-hydrogen) atoms. The van der Waals surface area contributed by atoms with E-state index in [1.807, 2.05) is 34.9 Å². The highest BCUT2D eigenvalue weighted by Gasteiger charge is 2.16. The van der Waals surface area contributed by atoms with Gasteiger partial charge >= 0.3 is 0 Å². The maximum absolute atomic E-state index is 13.4. The second-order valence-corrected chi connectivity index (χ2v) is 7.80. The number of carbonyl (C=O) groups excluding carboxylic acids is 1. The van der Waals surface area contributed by atoms with Gasteiger partial charge in [-0.15, -0.1) is 10.2 Å². The first-order valence-electron chi connectivity index (χ1n) is 9.16. The number of thioether (sulfide) groups is 1. The van der Waals surface area contributed by atoms with E-state index in [0.29, 0.717) is 24.0 Å². The predicted molar refractivity (Wildman–Crippen MR) is 109 cm³/mol. The van der Waals surface area contributed by atoms with Crippen molar-refractivity contribution in [2.45, 2.75) is 25.4 Å². The molecule has 0 bridgehead atoms. The van der Waals surface area contributed by atoms with Gasteiger partial charge in [0.15, 0.2) is 5.16 Å². The van der Waals surface area contributed by atoms with Crippen LogP contribution in [0.4, 0.5) is 4.39 Å². The van der Waals surface area contributed by atoms with E-state index < -0.39 is 0 Å². The number of hydrogen-bond donors (Lipinski definition) is 1. The number of benzene rings is 2. The smallest absolute Gasteiger partial charge is 0.230 e. The number of aromatic nitrogens is 3. The molecule has 0 aliphatic heterocycles. The Labute approximate surface area is 168 Å². The van der Waals surface area contributed by atoms with Crippen molar-refractivity contribution in [3.63, 3.8) is 0 Å². The van der Waals surface area contributed by atoms with Crippen LogP contribution in [-0.4, -0.2) is 33.0 Å². The normalized spacial score (nSPS) is 11.0. The van der Waals surface area contributed by atoms with Crippen LogP contribution in [0.25, 0.3) is 5.69 Å². The quantitative estimate of drug-likeness (QED) is 0.586. The van der Waals surface area contributed by atoms with E-state index >= 15 is 0 Å². The zero-order valence-electron chi connectivity index (χ0n) is 15.9. The van der Waals surface area contributed by atoms with Crippen LogP contribution in [0.15, 0.2) is 59.8 Å². The monoisotopic (exact) mass is 398 g/mol. The number of hydrogen-bond acceptors (Lipinski definition) is 4. The van der Waals surface area contributed by atoms with Crippen LogP contribution in [0.5, 0.6) is 0 Å². The number of nitrogens with zero attached hydrogens (tertiary/aromatic N) is 3. The van der Waals surface area contributed by atoms with Crippen molar-refractivity contribution in [3.8, 4) is 5.69 Å². The fourth-order valence-corrected chi connectivity index (χ4v) is 3.44. The van der Waals surface area contributed by atoms with E-state index in [1.165, 1.54) is 23.9 Å². The molecule has 146 valence electrons. The SMILES string of the molecule is CC(C)CNC(=O)CSc1nnc(Cc2ccccc2)n1-c1ccc(F)cc1. The molecule has 0 aliphatic rings. The first-order chi connectivity index (χ1) is 13.5. The van der Waals surface area contributed by atoms with Gasteiger partial charge in [-0.1, -0.05) is 55.9 Å². The van der Waals surface area contributed by atoms with Crippen molar-refractivity contribution >= 4 is 17.7 Å². The van der Waals surface area contributed by atoms with Gasteiger partial charge in [-0.3, -0.25) is 9.36 Å². The van der Waals surface area contributed by atoms with E-state index in [0.717, 1.165) is 17.1 Å². The van der Waals surface area contributed by atoms with Crippen molar-refractivity contribution in [2.75, 3.05) is 12.3 Å². The average Bonchev–Trinajstić information content (AvgIpc) is 3.08. The maximum atomic E-state index is 13.4. The Morgan fingerprint density at radius 3 is 2.50 bits per heavy atom. The van der Waals surface area contributed by atoms with Gasteiger partial charge in [0.05, 0.1) is 5.75 Å². The molecule has 0 unspecified atom stereocenters. The second kappa shape index (κ2) is 9.50. The fourth-order valence-electron chi connectivity index (χ4n) is 2.64. The summed E-state index contributed by atoms with van der Waals surface area (Å²) in [5, 5.41) is 12.1. The molecule has 7 heteroatoms. The lowest BCUT2D eigenvalue weighted by Crippen LogP contribution is -2.28. The van der Waals surface area contributed by atoms with E-state index in [4.69, 9.17) is 0 Å². The molecule has 0 aliphatic carbocycles. The number of nitrogens with one attached hydrogen (secondary N) is 1. The van der Waals surface area contributed by atoms with Crippen LogP contribution in [0.1, 0.15) is 25.2 Å². The highest BCUT2D eigenvalue weighted by Crippen LogP contribution is 2.23. The molecule has 1 aromatic heterocycles. The summed E-state index contributed by atoms with van der Waals surface area (Å²) >= 11 is 1.32. The Morgan fingerprint density at radius 1 is 1.11 bits per heavy atom. The topological polar surface area (TPSA) is 59.8 Å². The molecule has 3 aromatic rings. The lowest BCUT2D eigenvalue weighted by atomic mass is 10.1. The number of halogens is 1. The summed E-state index contributed by atoms with van der Waals surface area (Å²) in [4.78, 5) is 12.1. The number of carbonyl (C=O) groups is 1. The van der Waals surface area contributed by atoms with Crippen molar-refractivity contribution in [1.29, 1.82) is 0 Å². The highest BCUT2D eigenvalue weighted by molar-refractivity contribution is 7.99. The summed E-state index contributed by atoms with van der Waals surface area (Å²) in [6.45, 7) is 4.74. The van der Waals surface area contributed by atoms with Crippen LogP contribution in [0.2, 0.25) is 0 Å². The van der Waals surface area contributed by atoms with Gasteiger partial charge in [0.1, 0.15) is 11.6 Å². The first kappa shape index (κ1) is 20.1. The Hall–Kier alpha value is -2.67. The summed E-state index contributed by atoms with van der Waals surface area (Å²) < 4.78 is 15.3. The van der Waals surface area contributed by atoms with Gasteiger partial charge in [-0.05, 0) is 35.7 Å². The minimum Gasteiger partial charge on any atom is -0.355 e. The summed E-state index contributed by atoms with van der Waals surface area (Å²) in [7, 11) is 0. The molecule has 2 aromatic carbocycles. The van der Waals surface area contributed by atoms with Crippen molar-refractivity contribution in [3.05, 3.63) is 71.8 Å². The van der Waals surface area contributed by atoms with Gasteiger partial charge in [-0.25, -0.2) is 4.39 Å². The Balaban J connectivity index is 1.83. The van der Waals surface area contributed by atoms with Crippen molar-refractivity contribution in [2.24, 2.45) is 5.92 Å². The molecule has 0 saturated carbocycles. The molecule has 1 amide bonds. The Kier molecular flexibility index (Phi) is 6.81. The van der Waals surface area contributed by atoms with Crippen LogP contribution in [-0.2, 0) is 11.2 Å². The molecule has 0 fully saturated rings. The van der Waals surface area contributed by atoms with Gasteiger partial charge in [0.2, 0.25) is 5.91 Å². The van der Waals surface area contributed by atoms with Crippen LogP contribution in [0.3, 0.4) is 0 Å². The minimum atomic E-state index is -0.302. The molecule has 0 saturated heterocycles. The fraction of sp³-hybridized carbons (Fsp3) is 0.286. The molecule has 5 nitrogen and oxygen atoms in total. The van der Waals surface area contributed by atoms with E-state index in [1.54, 1.807) is 12.1 Å². The lowest BCUT2D eigenvalue weighted by molar-refractivity contribution is -0.118. The standard InChI is InChI=1S/C21H23FN4OS/c1-15(2)13-23-20(27)14-28-21-25-24-19(12-16-6-4-3-5-7-16)26(21)18-10-8-17(22)9-11-18/h3-11,15H,12-14H2,1-2H3,(H,23,27). The van der Waals surface area contributed by atoms with Gasteiger partial charge in [0, 0.05) is 18.7 Å². The lowest BCUT2D eigenvalue weighted by Gasteiger charge is -2.11. The van der Waals surface area contributed by atoms with Crippen LogP contribution >= 0.6 is 11.8 Å². The summed E-state index contributed by atoms with van der Waals surface area (Å²) in [6.07, 6.45) is 0.589. The summed E-state index contributed by atoms with van der Waals surface area (Å²) in [5.74, 6) is 1.04. The van der Waals surface area contributed by atoms with Gasteiger partial charge in [0.25, 0.3) is 0 Å². The van der Waals surface area contributed by atoms with E-state index in [-0.39, 0.29) is 17.5 Å². The minimum absolute atomic E-state index is 0.0445. The summed E-state index contributed by atoms with van der Waals surface area (Å²) in [6, 6.07) is 16.2. The molecule has 3 rings (SSSR count). The second-order valence-electron chi connectivity index (χ2n) is 6.86. The third-order valence-corrected chi connectivity index (χ3v) is 4.96. The number of amides is 1. The Bertz CT molecular complexity index is 910. The van der Waals surface area contributed by atoms with Gasteiger partial charge in [-0.2, -0.15) is 0 Å². The molecule has 1 heterocycles. The predicted octanol–water partition coefficient (Wildman–Crippen LogP) is 3.86. The first-order valence-corrected chi connectivity index (χ1v) is 10.1. The molecular formula is C21H23FN4OS. The van der Waals surface area contributed by atoms with Crippen molar-refractivity contribution < 1.29 is 9.18 Å². The molecule has 0 radical (unpaired) electrons. The summed E-state index contributed by atoms with van der Waals surface area (Å²) in [5.41, 5.74) is 1.87. The zero-order valence-corrected chi connectivity index (χ0v) is 16.7. The Morgan fingerprint density at radius 2 is 1.82 bits per heavy atom. The largest absolute Gasteiger partial charge is 0.355 e. The zero-order chi connectivity index (χ0) is 19.9. The van der Waals surface area contributed by atoms with E-state index in [2.05, 4.69) is 29.4 Å². The third kappa shape index (κ3) is 5.42. The third-order valence-electron chi connectivity index (χ3n) is 4.03. The van der Waals surface area contributed by atoms with Crippen LogP contribution < -0.4 is 5.32 Å². The molecule has 0 spiro atoms. The molecule has 1 N–H and O–H groups in total. The van der Waals surface area contributed by atoms with Crippen molar-refractivity contribution in [1.82, 2.24) is 20.1 Å². The number of rotatable bonds is 8. The maximum Gasteiger partial charge on any atom is 0.230 e. The molecule has 0 atom stereocenters. The highest BCUT2D eigenvalue weighted by atomic mass is 32.2. The van der Waals surface area contributed by atoms with E-state index in [9.17, 15) is 9.18 Å². The van der Waals surface area contributed by atoms with Gasteiger partial charge < -0.3 is 5.32 Å². The average molecular weight is 399 g/mol.